The van der Waals surface area contributed by atoms with Crippen LogP contribution in [-0.2, 0) is 0 Å². The SMILES string of the molecule is Cc1ccc(/C(Cl)=C(/C#N)c2ccncc2)cc1[N+](=O)[O-]. The fourth-order valence-corrected chi connectivity index (χ4v) is 2.11. The molecule has 1 aromatic carbocycles. The van der Waals surface area contributed by atoms with E-state index < -0.39 is 4.92 Å². The zero-order valence-electron chi connectivity index (χ0n) is 11.1. The van der Waals surface area contributed by atoms with Crippen LogP contribution < -0.4 is 0 Å². The molecule has 5 nitrogen and oxygen atoms in total. The third-order valence-corrected chi connectivity index (χ3v) is 3.37. The molecule has 0 saturated carbocycles. The number of nitro benzene ring substituents is 1. The van der Waals surface area contributed by atoms with E-state index in [2.05, 4.69) is 4.98 Å². The van der Waals surface area contributed by atoms with E-state index in [1.807, 2.05) is 6.07 Å². The van der Waals surface area contributed by atoms with E-state index in [4.69, 9.17) is 11.6 Å². The number of hydrogen-bond acceptors (Lipinski definition) is 4. The second-order valence-electron chi connectivity index (χ2n) is 4.30. The van der Waals surface area contributed by atoms with Crippen LogP contribution in [0.5, 0.6) is 0 Å². The molecule has 104 valence electrons. The Balaban J connectivity index is 2.59. The Morgan fingerprint density at radius 3 is 2.52 bits per heavy atom. The maximum Gasteiger partial charge on any atom is 0.272 e. The van der Waals surface area contributed by atoms with Crippen LogP contribution in [0, 0.1) is 28.4 Å². The predicted octanol–water partition coefficient (Wildman–Crippen LogP) is 3.93. The number of nitriles is 1. The number of aromatic nitrogens is 1. The summed E-state index contributed by atoms with van der Waals surface area (Å²) in [4.78, 5) is 14.4. The first-order valence-corrected chi connectivity index (χ1v) is 6.38. The largest absolute Gasteiger partial charge is 0.272 e. The molecule has 0 saturated heterocycles. The molecule has 0 spiro atoms. The van der Waals surface area contributed by atoms with Crippen LogP contribution in [0.4, 0.5) is 5.69 Å². The standard InChI is InChI=1S/C15H10ClN3O2/c1-10-2-3-12(8-14(10)19(20)21)15(16)13(9-17)11-4-6-18-7-5-11/h2-8H,1H3/b15-13+. The van der Waals surface area contributed by atoms with Crippen molar-refractivity contribution in [3.8, 4) is 6.07 Å². The molecule has 1 heterocycles. The van der Waals surface area contributed by atoms with Gasteiger partial charge >= 0.3 is 0 Å². The summed E-state index contributed by atoms with van der Waals surface area (Å²) in [7, 11) is 0. The number of allylic oxidation sites excluding steroid dienone is 1. The summed E-state index contributed by atoms with van der Waals surface area (Å²) in [6.07, 6.45) is 3.10. The van der Waals surface area contributed by atoms with E-state index >= 15 is 0 Å². The zero-order chi connectivity index (χ0) is 15.4. The lowest BCUT2D eigenvalue weighted by Gasteiger charge is -2.05. The lowest BCUT2D eigenvalue weighted by molar-refractivity contribution is -0.385. The van der Waals surface area contributed by atoms with E-state index in [1.165, 1.54) is 6.07 Å². The Bertz CT molecular complexity index is 764. The van der Waals surface area contributed by atoms with Crippen molar-refractivity contribution in [3.05, 3.63) is 69.5 Å². The summed E-state index contributed by atoms with van der Waals surface area (Å²) in [6.45, 7) is 1.65. The second-order valence-corrected chi connectivity index (χ2v) is 4.67. The Morgan fingerprint density at radius 1 is 1.29 bits per heavy atom. The average Bonchev–Trinajstić information content (AvgIpc) is 2.49. The van der Waals surface area contributed by atoms with Crippen LogP contribution in [-0.4, -0.2) is 9.91 Å². The number of rotatable bonds is 3. The topological polar surface area (TPSA) is 79.8 Å². The zero-order valence-corrected chi connectivity index (χ0v) is 11.8. The molecule has 0 unspecified atom stereocenters. The van der Waals surface area contributed by atoms with Gasteiger partial charge in [0.05, 0.1) is 15.5 Å². The van der Waals surface area contributed by atoms with E-state index in [-0.39, 0.29) is 16.3 Å². The highest BCUT2D eigenvalue weighted by Gasteiger charge is 2.15. The van der Waals surface area contributed by atoms with Crippen LogP contribution in [0.3, 0.4) is 0 Å². The minimum atomic E-state index is -0.471. The predicted molar refractivity (Wildman–Crippen MR) is 80.4 cm³/mol. The quantitative estimate of drug-likeness (QED) is 0.488. The van der Waals surface area contributed by atoms with Crippen molar-refractivity contribution >= 4 is 27.9 Å². The highest BCUT2D eigenvalue weighted by Crippen LogP contribution is 2.32. The summed E-state index contributed by atoms with van der Waals surface area (Å²) in [5.74, 6) is 0. The molecule has 1 aromatic heterocycles. The number of hydrogen-bond donors (Lipinski definition) is 0. The van der Waals surface area contributed by atoms with E-state index in [9.17, 15) is 15.4 Å². The van der Waals surface area contributed by atoms with E-state index in [0.717, 1.165) is 0 Å². The van der Waals surface area contributed by atoms with Gasteiger partial charge in [0.2, 0.25) is 0 Å². The van der Waals surface area contributed by atoms with Crippen molar-refractivity contribution in [2.75, 3.05) is 0 Å². The molecule has 0 atom stereocenters. The van der Waals surface area contributed by atoms with Gasteiger partial charge in [0.25, 0.3) is 5.69 Å². The average molecular weight is 300 g/mol. The normalized spacial score (nSPS) is 11.5. The van der Waals surface area contributed by atoms with Crippen LogP contribution in [0.2, 0.25) is 0 Å². The van der Waals surface area contributed by atoms with E-state index in [0.29, 0.717) is 16.7 Å². The van der Waals surface area contributed by atoms with Gasteiger partial charge in [-0.3, -0.25) is 15.1 Å². The first-order valence-electron chi connectivity index (χ1n) is 6.00. The van der Waals surface area contributed by atoms with Crippen molar-refractivity contribution in [2.45, 2.75) is 6.92 Å². The highest BCUT2D eigenvalue weighted by molar-refractivity contribution is 6.53. The molecule has 0 aliphatic heterocycles. The molecular formula is C15H10ClN3O2. The molecule has 0 radical (unpaired) electrons. The fraction of sp³-hybridized carbons (Fsp3) is 0.0667. The van der Waals surface area contributed by atoms with Crippen molar-refractivity contribution in [1.82, 2.24) is 4.98 Å². The van der Waals surface area contributed by atoms with Gasteiger partial charge in [-0.25, -0.2) is 0 Å². The number of aryl methyl sites for hydroxylation is 1. The van der Waals surface area contributed by atoms with E-state index in [1.54, 1.807) is 43.6 Å². The third-order valence-electron chi connectivity index (χ3n) is 2.96. The molecule has 0 fully saturated rings. The maximum absolute atomic E-state index is 11.0. The molecule has 2 rings (SSSR count). The van der Waals surface area contributed by atoms with Crippen molar-refractivity contribution < 1.29 is 4.92 Å². The summed E-state index contributed by atoms with van der Waals surface area (Å²) >= 11 is 6.25. The van der Waals surface area contributed by atoms with Gasteiger partial charge in [0, 0.05) is 29.6 Å². The number of nitrogens with zero attached hydrogens (tertiary/aromatic N) is 3. The van der Waals surface area contributed by atoms with Crippen LogP contribution in [0.15, 0.2) is 42.7 Å². The van der Waals surface area contributed by atoms with Gasteiger partial charge in [-0.2, -0.15) is 5.26 Å². The summed E-state index contributed by atoms with van der Waals surface area (Å²) in [5, 5.41) is 20.4. The van der Waals surface area contributed by atoms with Crippen molar-refractivity contribution in [3.63, 3.8) is 0 Å². The van der Waals surface area contributed by atoms with Crippen LogP contribution >= 0.6 is 11.6 Å². The minimum absolute atomic E-state index is 0.0299. The van der Waals surface area contributed by atoms with Crippen LogP contribution in [0.1, 0.15) is 16.7 Å². The van der Waals surface area contributed by atoms with Gasteiger partial charge in [0.1, 0.15) is 6.07 Å². The first-order chi connectivity index (χ1) is 10.0. The first kappa shape index (κ1) is 14.7. The monoisotopic (exact) mass is 299 g/mol. The maximum atomic E-state index is 11.0. The molecule has 21 heavy (non-hydrogen) atoms. The lowest BCUT2D eigenvalue weighted by atomic mass is 10.0. The smallest absolute Gasteiger partial charge is 0.265 e. The molecule has 0 amide bonds. The number of pyridine rings is 1. The number of benzene rings is 1. The molecule has 0 aliphatic carbocycles. The second kappa shape index (κ2) is 6.16. The van der Waals surface area contributed by atoms with Crippen molar-refractivity contribution in [1.29, 1.82) is 5.26 Å². The Labute approximate surface area is 126 Å². The molecule has 6 heteroatoms. The number of nitro groups is 1. The fourth-order valence-electron chi connectivity index (χ4n) is 1.85. The molecule has 2 aromatic rings. The van der Waals surface area contributed by atoms with Crippen LogP contribution in [0.25, 0.3) is 10.6 Å². The van der Waals surface area contributed by atoms with Crippen molar-refractivity contribution in [2.24, 2.45) is 0 Å². The van der Waals surface area contributed by atoms with Gasteiger partial charge in [-0.05, 0) is 24.6 Å². The third kappa shape index (κ3) is 3.07. The lowest BCUT2D eigenvalue weighted by Crippen LogP contribution is -1.93. The minimum Gasteiger partial charge on any atom is -0.265 e. The molecule has 0 aliphatic rings. The Kier molecular flexibility index (Phi) is 4.31. The van der Waals surface area contributed by atoms with Gasteiger partial charge in [-0.15, -0.1) is 0 Å². The molecular weight excluding hydrogens is 290 g/mol. The molecule has 0 N–H and O–H groups in total. The highest BCUT2D eigenvalue weighted by atomic mass is 35.5. The van der Waals surface area contributed by atoms with Gasteiger partial charge in [0.15, 0.2) is 0 Å². The molecule has 0 bridgehead atoms. The summed E-state index contributed by atoms with van der Waals surface area (Å²) in [5.41, 5.74) is 1.80. The van der Waals surface area contributed by atoms with Gasteiger partial charge < -0.3 is 0 Å². The number of halogens is 1. The van der Waals surface area contributed by atoms with Gasteiger partial charge in [-0.1, -0.05) is 23.7 Å². The Hall–Kier alpha value is -2.71. The summed E-state index contributed by atoms with van der Waals surface area (Å²) in [6, 6.07) is 9.98. The Morgan fingerprint density at radius 2 is 1.95 bits per heavy atom. The summed E-state index contributed by atoms with van der Waals surface area (Å²) < 4.78 is 0.